The van der Waals surface area contributed by atoms with Gasteiger partial charge in [-0.2, -0.15) is 0 Å². The van der Waals surface area contributed by atoms with Crippen LogP contribution in [-0.4, -0.2) is 66.0 Å². The molecule has 0 N–H and O–H groups in total. The van der Waals surface area contributed by atoms with Crippen molar-refractivity contribution in [3.05, 3.63) is 24.1 Å². The van der Waals surface area contributed by atoms with Gasteiger partial charge < -0.3 is 9.80 Å². The van der Waals surface area contributed by atoms with Crippen LogP contribution in [0.4, 0.5) is 10.2 Å². The Balaban J connectivity index is 1.55. The molecule has 3 heterocycles. The summed E-state index contributed by atoms with van der Waals surface area (Å²) >= 11 is 0. The predicted octanol–water partition coefficient (Wildman–Crippen LogP) is 2.13. The number of piperazine rings is 1. The Morgan fingerprint density at radius 2 is 1.75 bits per heavy atom. The molecule has 6 heteroatoms. The normalized spacial score (nSPS) is 21.4. The van der Waals surface area contributed by atoms with E-state index in [1.54, 1.807) is 12.3 Å². The average Bonchev–Trinajstić information content (AvgIpc) is 2.90. The molecular formula is C18H27FN4O. The van der Waals surface area contributed by atoms with E-state index in [9.17, 15) is 9.18 Å². The number of aromatic nitrogens is 1. The number of halogens is 1. The third-order valence-electron chi connectivity index (χ3n) is 5.18. The maximum Gasteiger partial charge on any atom is 0.239 e. The molecule has 0 unspecified atom stereocenters. The fraction of sp³-hybridized carbons (Fsp3) is 0.667. The fourth-order valence-electron chi connectivity index (χ4n) is 3.64. The summed E-state index contributed by atoms with van der Waals surface area (Å²) in [5.74, 6) is 0.387. The highest BCUT2D eigenvalue weighted by atomic mass is 19.1. The summed E-state index contributed by atoms with van der Waals surface area (Å²) in [5.41, 5.74) is 0. The van der Waals surface area contributed by atoms with Gasteiger partial charge in [-0.3, -0.25) is 9.69 Å². The van der Waals surface area contributed by atoms with Gasteiger partial charge in [-0.15, -0.1) is 0 Å². The molecule has 0 aromatic carbocycles. The first-order valence-corrected chi connectivity index (χ1v) is 9.05. The molecule has 1 amide bonds. The topological polar surface area (TPSA) is 39.7 Å². The largest absolute Gasteiger partial charge is 0.352 e. The lowest BCUT2D eigenvalue weighted by molar-refractivity contribution is -0.136. The van der Waals surface area contributed by atoms with Gasteiger partial charge in [0.15, 0.2) is 11.6 Å². The molecular weight excluding hydrogens is 307 g/mol. The Bertz CT molecular complexity index is 552. The van der Waals surface area contributed by atoms with Gasteiger partial charge in [0.1, 0.15) is 0 Å². The molecule has 3 rings (SSSR count). The van der Waals surface area contributed by atoms with Crippen molar-refractivity contribution in [1.29, 1.82) is 0 Å². The quantitative estimate of drug-likeness (QED) is 0.849. The molecule has 0 aliphatic carbocycles. The average molecular weight is 334 g/mol. The zero-order valence-corrected chi connectivity index (χ0v) is 14.5. The van der Waals surface area contributed by atoms with Gasteiger partial charge in [0.2, 0.25) is 5.91 Å². The Hall–Kier alpha value is -1.69. The smallest absolute Gasteiger partial charge is 0.239 e. The van der Waals surface area contributed by atoms with Crippen molar-refractivity contribution in [2.45, 2.75) is 38.6 Å². The number of nitrogens with zero attached hydrogens (tertiary/aromatic N) is 4. The van der Waals surface area contributed by atoms with E-state index in [0.717, 1.165) is 39.0 Å². The van der Waals surface area contributed by atoms with Crippen LogP contribution in [0.3, 0.4) is 0 Å². The molecule has 5 nitrogen and oxygen atoms in total. The minimum Gasteiger partial charge on any atom is -0.352 e. The van der Waals surface area contributed by atoms with Gasteiger partial charge in [0.05, 0.1) is 6.04 Å². The SMILES string of the molecule is C[C@H](C(=O)N1CCCCCC1)N1CCN(c2ncccc2F)CC1. The number of hydrogen-bond donors (Lipinski definition) is 0. The molecule has 2 aliphatic rings. The summed E-state index contributed by atoms with van der Waals surface area (Å²) in [5, 5.41) is 0. The maximum atomic E-state index is 13.9. The van der Waals surface area contributed by atoms with Crippen LogP contribution in [0.2, 0.25) is 0 Å². The summed E-state index contributed by atoms with van der Waals surface area (Å²) in [6, 6.07) is 2.95. The summed E-state index contributed by atoms with van der Waals surface area (Å²) in [6.07, 6.45) is 6.31. The molecule has 1 atom stereocenters. The number of hydrogen-bond acceptors (Lipinski definition) is 4. The van der Waals surface area contributed by atoms with Gasteiger partial charge in [0, 0.05) is 45.5 Å². The van der Waals surface area contributed by atoms with Gasteiger partial charge in [-0.05, 0) is 31.9 Å². The van der Waals surface area contributed by atoms with Crippen LogP contribution in [0.1, 0.15) is 32.6 Å². The zero-order chi connectivity index (χ0) is 16.9. The molecule has 0 spiro atoms. The second-order valence-corrected chi connectivity index (χ2v) is 6.75. The van der Waals surface area contributed by atoms with Crippen molar-refractivity contribution in [3.63, 3.8) is 0 Å². The second-order valence-electron chi connectivity index (χ2n) is 6.75. The van der Waals surface area contributed by atoms with E-state index >= 15 is 0 Å². The molecule has 0 radical (unpaired) electrons. The van der Waals surface area contributed by atoms with E-state index in [4.69, 9.17) is 0 Å². The van der Waals surface area contributed by atoms with E-state index < -0.39 is 0 Å². The highest BCUT2D eigenvalue weighted by Crippen LogP contribution is 2.19. The molecule has 0 bridgehead atoms. The maximum absolute atomic E-state index is 13.9. The van der Waals surface area contributed by atoms with Crippen molar-refractivity contribution >= 4 is 11.7 Å². The lowest BCUT2D eigenvalue weighted by Gasteiger charge is -2.39. The van der Waals surface area contributed by atoms with Crippen LogP contribution in [0.25, 0.3) is 0 Å². The van der Waals surface area contributed by atoms with Crippen LogP contribution in [0.5, 0.6) is 0 Å². The number of rotatable bonds is 3. The van der Waals surface area contributed by atoms with Gasteiger partial charge in [0.25, 0.3) is 0 Å². The molecule has 2 aliphatic heterocycles. The van der Waals surface area contributed by atoms with E-state index in [2.05, 4.69) is 9.88 Å². The van der Waals surface area contributed by atoms with Crippen LogP contribution in [0.15, 0.2) is 18.3 Å². The predicted molar refractivity (Wildman–Crippen MR) is 92.5 cm³/mol. The van der Waals surface area contributed by atoms with Crippen molar-refractivity contribution < 1.29 is 9.18 Å². The van der Waals surface area contributed by atoms with E-state index in [-0.39, 0.29) is 17.8 Å². The second kappa shape index (κ2) is 7.92. The van der Waals surface area contributed by atoms with Crippen molar-refractivity contribution in [2.75, 3.05) is 44.2 Å². The van der Waals surface area contributed by atoms with Crippen LogP contribution >= 0.6 is 0 Å². The Labute approximate surface area is 143 Å². The van der Waals surface area contributed by atoms with Crippen LogP contribution in [0, 0.1) is 5.82 Å². The van der Waals surface area contributed by atoms with Crippen LogP contribution < -0.4 is 4.90 Å². The van der Waals surface area contributed by atoms with E-state index in [0.29, 0.717) is 18.9 Å². The van der Waals surface area contributed by atoms with Crippen LogP contribution in [-0.2, 0) is 4.79 Å². The molecule has 132 valence electrons. The molecule has 0 saturated carbocycles. The highest BCUT2D eigenvalue weighted by molar-refractivity contribution is 5.81. The summed E-state index contributed by atoms with van der Waals surface area (Å²) < 4.78 is 13.9. The lowest BCUT2D eigenvalue weighted by atomic mass is 10.2. The third kappa shape index (κ3) is 3.86. The summed E-state index contributed by atoms with van der Waals surface area (Å²) in [4.78, 5) is 23.1. The Kier molecular flexibility index (Phi) is 5.66. The number of anilines is 1. The van der Waals surface area contributed by atoms with E-state index in [1.165, 1.54) is 18.9 Å². The Morgan fingerprint density at radius 1 is 1.08 bits per heavy atom. The zero-order valence-electron chi connectivity index (χ0n) is 14.5. The fourth-order valence-corrected chi connectivity index (χ4v) is 3.64. The van der Waals surface area contributed by atoms with Gasteiger partial charge in [-0.25, -0.2) is 9.37 Å². The van der Waals surface area contributed by atoms with Gasteiger partial charge in [-0.1, -0.05) is 12.8 Å². The van der Waals surface area contributed by atoms with Gasteiger partial charge >= 0.3 is 0 Å². The molecule has 1 aromatic heterocycles. The first-order chi connectivity index (χ1) is 11.7. The molecule has 1 aromatic rings. The third-order valence-corrected chi connectivity index (χ3v) is 5.18. The minimum absolute atomic E-state index is 0.0983. The van der Waals surface area contributed by atoms with Crippen molar-refractivity contribution in [3.8, 4) is 0 Å². The highest BCUT2D eigenvalue weighted by Gasteiger charge is 2.29. The number of likely N-dealkylation sites (tertiary alicyclic amines) is 1. The number of pyridine rings is 1. The monoisotopic (exact) mass is 334 g/mol. The minimum atomic E-state index is -0.278. The first-order valence-electron chi connectivity index (χ1n) is 9.05. The molecule has 24 heavy (non-hydrogen) atoms. The number of carbonyl (C=O) groups is 1. The first kappa shape index (κ1) is 17.1. The summed E-state index contributed by atoms with van der Waals surface area (Å²) in [6.45, 7) is 6.71. The van der Waals surface area contributed by atoms with E-state index in [1.807, 2.05) is 16.7 Å². The molecule has 2 saturated heterocycles. The van der Waals surface area contributed by atoms with Crippen molar-refractivity contribution in [1.82, 2.24) is 14.8 Å². The standard InChI is InChI=1S/C18H27FN4O/c1-15(18(24)23-9-4-2-3-5-10-23)21-11-13-22(14-12-21)17-16(19)7-6-8-20-17/h6-8,15H,2-5,9-14H2,1H3/t15-/m1/s1. The number of amides is 1. The Morgan fingerprint density at radius 3 is 2.38 bits per heavy atom. The lowest BCUT2D eigenvalue weighted by Crippen LogP contribution is -2.55. The van der Waals surface area contributed by atoms with Crippen molar-refractivity contribution in [2.24, 2.45) is 0 Å². The summed E-state index contributed by atoms with van der Waals surface area (Å²) in [7, 11) is 0. The molecule has 2 fully saturated rings. The number of carbonyl (C=O) groups excluding carboxylic acids is 1.